The van der Waals surface area contributed by atoms with E-state index in [-0.39, 0.29) is 11.4 Å². The molecule has 0 aliphatic rings. The Bertz CT molecular complexity index is 1020. The molecule has 0 fully saturated rings. The van der Waals surface area contributed by atoms with Gasteiger partial charge >= 0.3 is 0 Å². The van der Waals surface area contributed by atoms with Crippen LogP contribution in [0.3, 0.4) is 0 Å². The molecule has 0 aliphatic carbocycles. The fourth-order valence-corrected chi connectivity index (χ4v) is 3.69. The van der Waals surface area contributed by atoms with Crippen LogP contribution in [0, 0.1) is 6.92 Å². The van der Waals surface area contributed by atoms with Crippen LogP contribution in [0.4, 0.5) is 5.82 Å². The molecule has 0 saturated heterocycles. The molecule has 1 aromatic carbocycles. The number of para-hydroxylation sites is 1. The van der Waals surface area contributed by atoms with Gasteiger partial charge in [-0.2, -0.15) is 0 Å². The van der Waals surface area contributed by atoms with Crippen LogP contribution >= 0.6 is 0 Å². The number of hydrogen-bond acceptors (Lipinski definition) is 7. The summed E-state index contributed by atoms with van der Waals surface area (Å²) in [6, 6.07) is 8.24. The minimum atomic E-state index is -3.67. The van der Waals surface area contributed by atoms with Crippen LogP contribution < -0.4 is 14.8 Å². The second kappa shape index (κ2) is 8.14. The van der Waals surface area contributed by atoms with Gasteiger partial charge in [-0.1, -0.05) is 12.1 Å². The molecule has 0 amide bonds. The van der Waals surface area contributed by atoms with Gasteiger partial charge in [0.15, 0.2) is 0 Å². The topological polar surface area (TPSA) is 111 Å². The highest BCUT2D eigenvalue weighted by atomic mass is 32.2. The van der Waals surface area contributed by atoms with Crippen molar-refractivity contribution in [2.45, 2.75) is 11.8 Å². The Morgan fingerprint density at radius 1 is 1.15 bits per heavy atom. The van der Waals surface area contributed by atoms with Crippen molar-refractivity contribution in [1.29, 1.82) is 0 Å². The zero-order valence-corrected chi connectivity index (χ0v) is 15.8. The number of anilines is 1. The first kappa shape index (κ1) is 18.8. The van der Waals surface area contributed by atoms with Crippen LogP contribution in [0.1, 0.15) is 5.82 Å². The minimum absolute atomic E-state index is 0.104. The Morgan fingerprint density at radius 3 is 2.70 bits per heavy atom. The quantitative estimate of drug-likeness (QED) is 0.561. The van der Waals surface area contributed by atoms with E-state index in [4.69, 9.17) is 4.74 Å². The minimum Gasteiger partial charge on any atom is -0.495 e. The first-order valence-electron chi connectivity index (χ1n) is 8.20. The van der Waals surface area contributed by atoms with Gasteiger partial charge in [0.05, 0.1) is 7.11 Å². The zero-order valence-electron chi connectivity index (χ0n) is 15.0. The smallest absolute Gasteiger partial charge is 0.244 e. The highest BCUT2D eigenvalue weighted by molar-refractivity contribution is 7.89. The molecule has 142 valence electrons. The standard InChI is InChI=1S/C17H20N6O3S/c1-13-18-9-10-23(13)17-11-16(20-12-21-17)19-7-8-22-27(24,25)15-6-4-3-5-14(15)26-2/h3-6,9-12,22H,7-8H2,1-2H3,(H,19,20,21). The average molecular weight is 388 g/mol. The van der Waals surface area contributed by atoms with Gasteiger partial charge in [0.1, 0.15) is 34.4 Å². The Morgan fingerprint density at radius 2 is 1.96 bits per heavy atom. The summed E-state index contributed by atoms with van der Waals surface area (Å²) in [6.45, 7) is 2.42. The van der Waals surface area contributed by atoms with Crippen LogP contribution in [0.15, 0.2) is 53.9 Å². The van der Waals surface area contributed by atoms with Crippen LogP contribution in [0.5, 0.6) is 5.75 Å². The SMILES string of the molecule is COc1ccccc1S(=O)(=O)NCCNc1cc(-n2ccnc2C)ncn1. The fraction of sp³-hybridized carbons (Fsp3) is 0.235. The summed E-state index contributed by atoms with van der Waals surface area (Å²) < 4.78 is 34.3. The van der Waals surface area contributed by atoms with E-state index in [2.05, 4.69) is 25.0 Å². The van der Waals surface area contributed by atoms with Gasteiger partial charge in [0, 0.05) is 31.5 Å². The van der Waals surface area contributed by atoms with E-state index >= 15 is 0 Å². The normalized spacial score (nSPS) is 11.3. The molecular weight excluding hydrogens is 368 g/mol. The molecule has 10 heteroatoms. The maximum absolute atomic E-state index is 12.4. The molecule has 2 N–H and O–H groups in total. The van der Waals surface area contributed by atoms with E-state index in [1.807, 2.05) is 17.7 Å². The van der Waals surface area contributed by atoms with Crippen molar-refractivity contribution >= 4 is 15.8 Å². The molecule has 2 aromatic heterocycles. The maximum Gasteiger partial charge on any atom is 0.244 e. The highest BCUT2D eigenvalue weighted by Gasteiger charge is 2.18. The molecule has 0 atom stereocenters. The Labute approximate surface area is 157 Å². The van der Waals surface area contributed by atoms with Gasteiger partial charge < -0.3 is 10.1 Å². The number of methoxy groups -OCH3 is 1. The predicted octanol–water partition coefficient (Wildman–Crippen LogP) is 1.37. The fourth-order valence-electron chi connectivity index (χ4n) is 2.49. The summed E-state index contributed by atoms with van der Waals surface area (Å²) in [5.41, 5.74) is 0. The molecule has 0 spiro atoms. The lowest BCUT2D eigenvalue weighted by Gasteiger charge is -2.11. The van der Waals surface area contributed by atoms with Crippen molar-refractivity contribution < 1.29 is 13.2 Å². The van der Waals surface area contributed by atoms with E-state index in [9.17, 15) is 8.42 Å². The van der Waals surface area contributed by atoms with Crippen molar-refractivity contribution in [3.8, 4) is 11.6 Å². The molecule has 3 aromatic rings. The van der Waals surface area contributed by atoms with Crippen molar-refractivity contribution in [1.82, 2.24) is 24.2 Å². The molecule has 0 saturated carbocycles. The van der Waals surface area contributed by atoms with Crippen molar-refractivity contribution in [2.75, 3.05) is 25.5 Å². The predicted molar refractivity (Wildman–Crippen MR) is 101 cm³/mol. The van der Waals surface area contributed by atoms with Gasteiger partial charge in [0.25, 0.3) is 0 Å². The zero-order chi connectivity index (χ0) is 19.3. The van der Waals surface area contributed by atoms with E-state index < -0.39 is 10.0 Å². The third-order valence-corrected chi connectivity index (χ3v) is 5.31. The van der Waals surface area contributed by atoms with Gasteiger partial charge in [-0.3, -0.25) is 4.57 Å². The summed E-state index contributed by atoms with van der Waals surface area (Å²) >= 11 is 0. The molecule has 0 aliphatic heterocycles. The number of rotatable bonds is 8. The van der Waals surface area contributed by atoms with Gasteiger partial charge in [-0.15, -0.1) is 0 Å². The molecule has 3 rings (SSSR count). The summed E-state index contributed by atoms with van der Waals surface area (Å²) in [5.74, 6) is 2.38. The average Bonchev–Trinajstić information content (AvgIpc) is 3.11. The van der Waals surface area contributed by atoms with Crippen molar-refractivity contribution in [3.63, 3.8) is 0 Å². The number of aryl methyl sites for hydroxylation is 1. The van der Waals surface area contributed by atoms with Crippen molar-refractivity contribution in [3.05, 3.63) is 54.9 Å². The van der Waals surface area contributed by atoms with E-state index in [0.717, 1.165) is 5.82 Å². The molecule has 27 heavy (non-hydrogen) atoms. The summed E-state index contributed by atoms with van der Waals surface area (Å²) in [7, 11) is -2.23. The first-order valence-corrected chi connectivity index (χ1v) is 9.68. The lowest BCUT2D eigenvalue weighted by Crippen LogP contribution is -2.29. The van der Waals surface area contributed by atoms with Crippen LogP contribution in [0.2, 0.25) is 0 Å². The maximum atomic E-state index is 12.4. The van der Waals surface area contributed by atoms with Crippen LogP contribution in [-0.4, -0.2) is 48.1 Å². The van der Waals surface area contributed by atoms with E-state index in [0.29, 0.717) is 23.9 Å². The Hall–Kier alpha value is -2.98. The van der Waals surface area contributed by atoms with E-state index in [1.165, 1.54) is 19.5 Å². The highest BCUT2D eigenvalue weighted by Crippen LogP contribution is 2.22. The molecule has 9 nitrogen and oxygen atoms in total. The Kier molecular flexibility index (Phi) is 5.67. The summed E-state index contributed by atoms with van der Waals surface area (Å²) in [4.78, 5) is 12.6. The number of benzene rings is 1. The van der Waals surface area contributed by atoms with E-state index in [1.54, 1.807) is 30.5 Å². The molecule has 0 bridgehead atoms. The van der Waals surface area contributed by atoms with Crippen LogP contribution in [0.25, 0.3) is 5.82 Å². The van der Waals surface area contributed by atoms with Gasteiger partial charge in [0.2, 0.25) is 10.0 Å². The van der Waals surface area contributed by atoms with Crippen LogP contribution in [-0.2, 0) is 10.0 Å². The number of imidazole rings is 1. The molecule has 2 heterocycles. The lowest BCUT2D eigenvalue weighted by atomic mass is 10.3. The second-order valence-corrected chi connectivity index (χ2v) is 7.32. The Balaban J connectivity index is 1.60. The number of sulfonamides is 1. The molecule has 0 unspecified atom stereocenters. The second-order valence-electron chi connectivity index (χ2n) is 5.58. The number of nitrogens with one attached hydrogen (secondary N) is 2. The monoisotopic (exact) mass is 388 g/mol. The number of ether oxygens (including phenoxy) is 1. The molecule has 0 radical (unpaired) electrons. The van der Waals surface area contributed by atoms with Gasteiger partial charge in [-0.25, -0.2) is 28.1 Å². The van der Waals surface area contributed by atoms with Gasteiger partial charge in [-0.05, 0) is 19.1 Å². The first-order chi connectivity index (χ1) is 13.0. The molecular formula is C17H20N6O3S. The number of aromatic nitrogens is 4. The lowest BCUT2D eigenvalue weighted by molar-refractivity contribution is 0.402. The summed E-state index contributed by atoms with van der Waals surface area (Å²) in [5, 5.41) is 3.08. The number of nitrogens with zero attached hydrogens (tertiary/aromatic N) is 4. The summed E-state index contributed by atoms with van der Waals surface area (Å²) in [6.07, 6.45) is 4.94. The largest absolute Gasteiger partial charge is 0.495 e. The van der Waals surface area contributed by atoms with Crippen molar-refractivity contribution in [2.24, 2.45) is 0 Å². The third kappa shape index (κ3) is 4.41. The third-order valence-electron chi connectivity index (χ3n) is 3.81. The number of hydrogen-bond donors (Lipinski definition) is 2.